The molecule has 1 aromatic carbocycles. The van der Waals surface area contributed by atoms with Crippen molar-refractivity contribution < 1.29 is 4.39 Å². The summed E-state index contributed by atoms with van der Waals surface area (Å²) >= 11 is 0. The van der Waals surface area contributed by atoms with Crippen LogP contribution in [0.25, 0.3) is 0 Å². The first kappa shape index (κ1) is 13.1. The Balaban J connectivity index is 2.94. The lowest BCUT2D eigenvalue weighted by Gasteiger charge is -2.32. The van der Waals surface area contributed by atoms with Gasteiger partial charge >= 0.3 is 0 Å². The summed E-state index contributed by atoms with van der Waals surface area (Å²) in [6.07, 6.45) is 1.03. The molecule has 2 atom stereocenters. The maximum absolute atomic E-state index is 13.7. The highest BCUT2D eigenvalue weighted by molar-refractivity contribution is 5.21. The summed E-state index contributed by atoms with van der Waals surface area (Å²) in [5.74, 6) is -0.173. The van der Waals surface area contributed by atoms with Gasteiger partial charge in [-0.1, -0.05) is 25.1 Å². The number of rotatable bonds is 5. The maximum atomic E-state index is 13.7. The van der Waals surface area contributed by atoms with Crippen molar-refractivity contribution in [1.82, 2.24) is 4.90 Å². The Kier molecular flexibility index (Phi) is 4.90. The Bertz CT molecular complexity index is 327. The van der Waals surface area contributed by atoms with Gasteiger partial charge in [-0.15, -0.1) is 0 Å². The Labute approximate surface area is 97.3 Å². The van der Waals surface area contributed by atoms with Gasteiger partial charge in [-0.25, -0.2) is 4.39 Å². The van der Waals surface area contributed by atoms with Crippen LogP contribution in [0.15, 0.2) is 24.3 Å². The van der Waals surface area contributed by atoms with E-state index < -0.39 is 0 Å². The fraction of sp³-hybridized carbons (Fsp3) is 0.538. The van der Waals surface area contributed by atoms with Gasteiger partial charge in [0.2, 0.25) is 0 Å². The Morgan fingerprint density at radius 1 is 1.38 bits per heavy atom. The lowest BCUT2D eigenvalue weighted by atomic mass is 10.0. The van der Waals surface area contributed by atoms with Crippen molar-refractivity contribution in [3.63, 3.8) is 0 Å². The molecule has 0 saturated heterocycles. The van der Waals surface area contributed by atoms with Crippen molar-refractivity contribution in [2.24, 2.45) is 5.73 Å². The Morgan fingerprint density at radius 3 is 2.50 bits per heavy atom. The predicted octanol–water partition coefficient (Wildman–Crippen LogP) is 2.56. The first-order valence-electron chi connectivity index (χ1n) is 5.78. The average molecular weight is 224 g/mol. The highest BCUT2D eigenvalue weighted by Crippen LogP contribution is 2.23. The maximum Gasteiger partial charge on any atom is 0.128 e. The van der Waals surface area contributed by atoms with Crippen LogP contribution < -0.4 is 5.73 Å². The smallest absolute Gasteiger partial charge is 0.128 e. The highest BCUT2D eigenvalue weighted by atomic mass is 19.1. The van der Waals surface area contributed by atoms with Crippen LogP contribution in [0.2, 0.25) is 0 Å². The number of likely N-dealkylation sites (N-methyl/N-ethyl adjacent to an activating group) is 1. The van der Waals surface area contributed by atoms with E-state index in [1.807, 2.05) is 19.2 Å². The normalized spacial score (nSPS) is 15.1. The third-order valence-corrected chi connectivity index (χ3v) is 3.27. The zero-order valence-corrected chi connectivity index (χ0v) is 10.3. The molecule has 2 nitrogen and oxygen atoms in total. The van der Waals surface area contributed by atoms with Crippen LogP contribution in [0, 0.1) is 5.82 Å². The van der Waals surface area contributed by atoms with E-state index in [1.54, 1.807) is 6.07 Å². The van der Waals surface area contributed by atoms with Crippen LogP contribution in [-0.4, -0.2) is 24.5 Å². The minimum Gasteiger partial charge on any atom is -0.329 e. The fourth-order valence-corrected chi connectivity index (χ4v) is 1.85. The number of hydrogen-bond acceptors (Lipinski definition) is 2. The summed E-state index contributed by atoms with van der Waals surface area (Å²) in [5, 5.41) is 0. The van der Waals surface area contributed by atoms with Gasteiger partial charge < -0.3 is 5.73 Å². The van der Waals surface area contributed by atoms with Crippen LogP contribution in [0.5, 0.6) is 0 Å². The molecule has 0 spiro atoms. The standard InChI is InChI=1S/C13H21FN2/c1-4-10(2)16(3)13(9-15)11-7-5-6-8-12(11)14/h5-8,10,13H,4,9,15H2,1-3H3. The molecule has 2 N–H and O–H groups in total. The summed E-state index contributed by atoms with van der Waals surface area (Å²) in [5.41, 5.74) is 6.45. The van der Waals surface area contributed by atoms with E-state index in [0.717, 1.165) is 6.42 Å². The topological polar surface area (TPSA) is 29.3 Å². The second-order valence-electron chi connectivity index (χ2n) is 4.20. The van der Waals surface area contributed by atoms with Crippen LogP contribution in [0.3, 0.4) is 0 Å². The van der Waals surface area contributed by atoms with E-state index in [4.69, 9.17) is 5.73 Å². The molecule has 0 aromatic heterocycles. The highest BCUT2D eigenvalue weighted by Gasteiger charge is 2.21. The second-order valence-corrected chi connectivity index (χ2v) is 4.20. The Morgan fingerprint density at radius 2 is 2.00 bits per heavy atom. The molecule has 3 heteroatoms. The van der Waals surface area contributed by atoms with Gasteiger partial charge in [0.1, 0.15) is 5.82 Å². The number of nitrogens with zero attached hydrogens (tertiary/aromatic N) is 1. The molecule has 0 fully saturated rings. The predicted molar refractivity (Wildman–Crippen MR) is 65.7 cm³/mol. The first-order chi connectivity index (χ1) is 7.61. The summed E-state index contributed by atoms with van der Waals surface area (Å²) < 4.78 is 13.7. The van der Waals surface area contributed by atoms with Crippen LogP contribution in [0.1, 0.15) is 31.9 Å². The molecule has 0 heterocycles. The molecule has 0 aliphatic rings. The van der Waals surface area contributed by atoms with E-state index in [-0.39, 0.29) is 11.9 Å². The molecular weight excluding hydrogens is 203 g/mol. The van der Waals surface area contributed by atoms with Gasteiger partial charge in [-0.3, -0.25) is 4.90 Å². The molecule has 0 bridgehead atoms. The molecule has 90 valence electrons. The largest absolute Gasteiger partial charge is 0.329 e. The molecule has 2 unspecified atom stereocenters. The summed E-state index contributed by atoms with van der Waals surface area (Å²) in [4.78, 5) is 2.14. The molecule has 1 aromatic rings. The summed E-state index contributed by atoms with van der Waals surface area (Å²) in [6, 6.07) is 7.21. The van der Waals surface area contributed by atoms with Crippen molar-refractivity contribution >= 4 is 0 Å². The molecular formula is C13H21FN2. The van der Waals surface area contributed by atoms with Crippen LogP contribution >= 0.6 is 0 Å². The van der Waals surface area contributed by atoms with E-state index in [0.29, 0.717) is 18.2 Å². The van der Waals surface area contributed by atoms with Gasteiger partial charge in [0.15, 0.2) is 0 Å². The van der Waals surface area contributed by atoms with Crippen molar-refractivity contribution in [3.05, 3.63) is 35.6 Å². The molecule has 0 radical (unpaired) electrons. The molecule has 1 rings (SSSR count). The van der Waals surface area contributed by atoms with Gasteiger partial charge in [0.05, 0.1) is 0 Å². The van der Waals surface area contributed by atoms with Crippen molar-refractivity contribution in [1.29, 1.82) is 0 Å². The number of nitrogens with two attached hydrogens (primary N) is 1. The van der Waals surface area contributed by atoms with E-state index in [9.17, 15) is 4.39 Å². The second kappa shape index (κ2) is 5.97. The zero-order valence-electron chi connectivity index (χ0n) is 10.3. The number of hydrogen-bond donors (Lipinski definition) is 1. The van der Waals surface area contributed by atoms with Gasteiger partial charge in [0.25, 0.3) is 0 Å². The van der Waals surface area contributed by atoms with Crippen LogP contribution in [-0.2, 0) is 0 Å². The minimum atomic E-state index is -0.173. The van der Waals surface area contributed by atoms with Crippen LogP contribution in [0.4, 0.5) is 4.39 Å². The van der Waals surface area contributed by atoms with Gasteiger partial charge in [-0.05, 0) is 26.5 Å². The van der Waals surface area contributed by atoms with Crippen molar-refractivity contribution in [2.45, 2.75) is 32.4 Å². The molecule has 16 heavy (non-hydrogen) atoms. The third-order valence-electron chi connectivity index (χ3n) is 3.27. The summed E-state index contributed by atoms with van der Waals surface area (Å²) in [6.45, 7) is 4.68. The summed E-state index contributed by atoms with van der Waals surface area (Å²) in [7, 11) is 2.00. The van der Waals surface area contributed by atoms with E-state index in [2.05, 4.69) is 18.7 Å². The third kappa shape index (κ3) is 2.80. The zero-order chi connectivity index (χ0) is 12.1. The lowest BCUT2D eigenvalue weighted by Crippen LogP contribution is -2.37. The number of halogens is 1. The molecule has 0 amide bonds. The number of benzene rings is 1. The van der Waals surface area contributed by atoms with E-state index in [1.165, 1.54) is 6.07 Å². The fourth-order valence-electron chi connectivity index (χ4n) is 1.85. The monoisotopic (exact) mass is 224 g/mol. The first-order valence-corrected chi connectivity index (χ1v) is 5.78. The lowest BCUT2D eigenvalue weighted by molar-refractivity contribution is 0.181. The van der Waals surface area contributed by atoms with Crippen molar-refractivity contribution in [2.75, 3.05) is 13.6 Å². The average Bonchev–Trinajstić information content (AvgIpc) is 2.31. The molecule has 0 aliphatic carbocycles. The molecule has 0 saturated carbocycles. The SMILES string of the molecule is CCC(C)N(C)C(CN)c1ccccc1F. The van der Waals surface area contributed by atoms with Crippen molar-refractivity contribution in [3.8, 4) is 0 Å². The van der Waals surface area contributed by atoms with E-state index >= 15 is 0 Å². The quantitative estimate of drug-likeness (QED) is 0.833. The minimum absolute atomic E-state index is 0.0452. The van der Waals surface area contributed by atoms with Gasteiger partial charge in [0, 0.05) is 24.2 Å². The molecule has 0 aliphatic heterocycles. The Hall–Kier alpha value is -0.930. The van der Waals surface area contributed by atoms with Gasteiger partial charge in [-0.2, -0.15) is 0 Å².